The Kier molecular flexibility index (Phi) is 1.66. The van der Waals surface area contributed by atoms with E-state index in [2.05, 4.69) is 0 Å². The lowest BCUT2D eigenvalue weighted by Crippen LogP contribution is -2.54. The van der Waals surface area contributed by atoms with Gasteiger partial charge in [0, 0.05) is 20.0 Å². The highest BCUT2D eigenvalue weighted by atomic mass is 16.5. The van der Waals surface area contributed by atoms with Crippen LogP contribution in [0.4, 0.5) is 0 Å². The van der Waals surface area contributed by atoms with E-state index in [1.54, 1.807) is 0 Å². The second-order valence-corrected chi connectivity index (χ2v) is 2.57. The van der Waals surface area contributed by atoms with Crippen molar-refractivity contribution in [1.29, 1.82) is 0 Å². The number of carbonyl (C=O) groups is 1. The zero-order valence-corrected chi connectivity index (χ0v) is 5.70. The van der Waals surface area contributed by atoms with E-state index in [0.717, 1.165) is 0 Å². The normalized spacial score (nSPS) is 38.8. The number of aliphatic carboxylic acids is 1. The SMILES string of the molecule is COC1(C(=O)O)CC(O)C1. The van der Waals surface area contributed by atoms with Gasteiger partial charge in [-0.25, -0.2) is 4.79 Å². The van der Waals surface area contributed by atoms with Gasteiger partial charge < -0.3 is 14.9 Å². The predicted molar refractivity (Wildman–Crippen MR) is 32.6 cm³/mol. The second-order valence-electron chi connectivity index (χ2n) is 2.57. The molecule has 4 nitrogen and oxygen atoms in total. The van der Waals surface area contributed by atoms with Crippen molar-refractivity contribution in [2.24, 2.45) is 0 Å². The summed E-state index contributed by atoms with van der Waals surface area (Å²) in [6.45, 7) is 0. The molecule has 0 heterocycles. The van der Waals surface area contributed by atoms with Gasteiger partial charge in [-0.3, -0.25) is 0 Å². The van der Waals surface area contributed by atoms with Crippen molar-refractivity contribution in [3.63, 3.8) is 0 Å². The summed E-state index contributed by atoms with van der Waals surface area (Å²) in [5.74, 6) is -0.986. The summed E-state index contributed by atoms with van der Waals surface area (Å²) >= 11 is 0. The first kappa shape index (κ1) is 7.50. The fourth-order valence-corrected chi connectivity index (χ4v) is 1.13. The van der Waals surface area contributed by atoms with Gasteiger partial charge in [0.15, 0.2) is 5.60 Å². The number of aliphatic hydroxyl groups excluding tert-OH is 1. The standard InChI is InChI=1S/C6H10O4/c1-10-6(5(8)9)2-4(7)3-6/h4,7H,2-3H2,1H3,(H,8,9). The van der Waals surface area contributed by atoms with Crippen LogP contribution in [-0.4, -0.2) is 35.0 Å². The molecule has 0 aliphatic heterocycles. The number of carboxylic acid groups (broad SMARTS) is 1. The molecule has 58 valence electrons. The van der Waals surface area contributed by atoms with Gasteiger partial charge in [0.1, 0.15) is 0 Å². The highest BCUT2D eigenvalue weighted by Crippen LogP contribution is 2.35. The molecule has 1 fully saturated rings. The third-order valence-corrected chi connectivity index (χ3v) is 1.91. The third kappa shape index (κ3) is 0.892. The average Bonchev–Trinajstić information content (AvgIpc) is 1.79. The first-order valence-corrected chi connectivity index (χ1v) is 3.07. The van der Waals surface area contributed by atoms with E-state index >= 15 is 0 Å². The van der Waals surface area contributed by atoms with Gasteiger partial charge in [-0.1, -0.05) is 0 Å². The van der Waals surface area contributed by atoms with Crippen molar-refractivity contribution in [2.75, 3.05) is 7.11 Å². The van der Waals surface area contributed by atoms with Gasteiger partial charge in [-0.2, -0.15) is 0 Å². The lowest BCUT2D eigenvalue weighted by atomic mass is 9.77. The number of hydrogen-bond acceptors (Lipinski definition) is 3. The quantitative estimate of drug-likeness (QED) is 0.556. The van der Waals surface area contributed by atoms with Crippen LogP contribution in [0, 0.1) is 0 Å². The van der Waals surface area contributed by atoms with E-state index < -0.39 is 17.7 Å². The lowest BCUT2D eigenvalue weighted by molar-refractivity contribution is -0.188. The fraction of sp³-hybridized carbons (Fsp3) is 0.833. The number of aliphatic hydroxyl groups is 1. The molecule has 0 spiro atoms. The second kappa shape index (κ2) is 2.21. The molecule has 1 aliphatic carbocycles. The highest BCUT2D eigenvalue weighted by Gasteiger charge is 2.50. The molecule has 0 unspecified atom stereocenters. The van der Waals surface area contributed by atoms with Crippen LogP contribution in [0.25, 0.3) is 0 Å². The van der Waals surface area contributed by atoms with Gasteiger partial charge in [-0.15, -0.1) is 0 Å². The fourth-order valence-electron chi connectivity index (χ4n) is 1.13. The van der Waals surface area contributed by atoms with Crippen LogP contribution < -0.4 is 0 Å². The van der Waals surface area contributed by atoms with Gasteiger partial charge in [0.25, 0.3) is 0 Å². The summed E-state index contributed by atoms with van der Waals surface area (Å²) in [6, 6.07) is 0. The van der Waals surface area contributed by atoms with E-state index in [4.69, 9.17) is 14.9 Å². The van der Waals surface area contributed by atoms with Crippen molar-refractivity contribution >= 4 is 5.97 Å². The van der Waals surface area contributed by atoms with Crippen molar-refractivity contribution < 1.29 is 19.7 Å². The maximum absolute atomic E-state index is 10.4. The Morgan fingerprint density at radius 1 is 1.70 bits per heavy atom. The Balaban J connectivity index is 2.56. The molecule has 0 aromatic carbocycles. The summed E-state index contributed by atoms with van der Waals surface area (Å²) in [4.78, 5) is 10.4. The summed E-state index contributed by atoms with van der Waals surface area (Å²) in [6.07, 6.45) is -0.0893. The molecule has 0 amide bonds. The van der Waals surface area contributed by atoms with Crippen LogP contribution in [0.5, 0.6) is 0 Å². The van der Waals surface area contributed by atoms with E-state index in [1.807, 2.05) is 0 Å². The number of hydrogen-bond donors (Lipinski definition) is 2. The zero-order valence-electron chi connectivity index (χ0n) is 5.70. The lowest BCUT2D eigenvalue weighted by Gasteiger charge is -2.39. The molecule has 0 radical (unpaired) electrons. The summed E-state index contributed by atoms with van der Waals surface area (Å²) in [5.41, 5.74) is -1.10. The molecule has 0 bridgehead atoms. The number of ether oxygens (including phenoxy) is 1. The Morgan fingerprint density at radius 3 is 2.30 bits per heavy atom. The van der Waals surface area contributed by atoms with Crippen LogP contribution in [0.15, 0.2) is 0 Å². The molecule has 2 N–H and O–H groups in total. The Morgan fingerprint density at radius 2 is 2.20 bits per heavy atom. The molecule has 0 saturated heterocycles. The maximum atomic E-state index is 10.4. The monoisotopic (exact) mass is 146 g/mol. The first-order chi connectivity index (χ1) is 4.60. The minimum absolute atomic E-state index is 0.207. The number of rotatable bonds is 2. The summed E-state index contributed by atoms with van der Waals surface area (Å²) in [5, 5.41) is 17.4. The van der Waals surface area contributed by atoms with E-state index in [0.29, 0.717) is 0 Å². The molecule has 1 saturated carbocycles. The molecule has 0 aromatic rings. The van der Waals surface area contributed by atoms with E-state index in [9.17, 15) is 4.79 Å². The van der Waals surface area contributed by atoms with Crippen molar-refractivity contribution in [3.8, 4) is 0 Å². The van der Waals surface area contributed by atoms with Crippen LogP contribution in [0.2, 0.25) is 0 Å². The number of methoxy groups -OCH3 is 1. The molecule has 1 aliphatic rings. The van der Waals surface area contributed by atoms with Crippen molar-refractivity contribution in [3.05, 3.63) is 0 Å². The van der Waals surface area contributed by atoms with Crippen LogP contribution in [-0.2, 0) is 9.53 Å². The predicted octanol–water partition coefficient (Wildman–Crippen LogP) is -0.389. The maximum Gasteiger partial charge on any atom is 0.336 e. The van der Waals surface area contributed by atoms with Gasteiger partial charge in [0.05, 0.1) is 6.10 Å². The first-order valence-electron chi connectivity index (χ1n) is 3.07. The van der Waals surface area contributed by atoms with E-state index in [-0.39, 0.29) is 12.8 Å². The molecule has 1 rings (SSSR count). The van der Waals surface area contributed by atoms with Gasteiger partial charge in [0.2, 0.25) is 0 Å². The minimum Gasteiger partial charge on any atom is -0.479 e. The molecule has 0 atom stereocenters. The summed E-state index contributed by atoms with van der Waals surface area (Å²) in [7, 11) is 1.35. The largest absolute Gasteiger partial charge is 0.479 e. The van der Waals surface area contributed by atoms with Crippen LogP contribution >= 0.6 is 0 Å². The molecular weight excluding hydrogens is 136 g/mol. The number of carboxylic acids is 1. The van der Waals surface area contributed by atoms with E-state index in [1.165, 1.54) is 7.11 Å². The van der Waals surface area contributed by atoms with Gasteiger partial charge >= 0.3 is 5.97 Å². The highest BCUT2D eigenvalue weighted by molar-refractivity contribution is 5.79. The van der Waals surface area contributed by atoms with Crippen LogP contribution in [0.1, 0.15) is 12.8 Å². The third-order valence-electron chi connectivity index (χ3n) is 1.91. The molecule has 0 aromatic heterocycles. The topological polar surface area (TPSA) is 66.8 Å². The molecular formula is C6H10O4. The Bertz CT molecular complexity index is 148. The zero-order chi connectivity index (χ0) is 7.78. The Hall–Kier alpha value is -0.610. The minimum atomic E-state index is -1.10. The smallest absolute Gasteiger partial charge is 0.336 e. The van der Waals surface area contributed by atoms with Crippen molar-refractivity contribution in [1.82, 2.24) is 0 Å². The van der Waals surface area contributed by atoms with Crippen LogP contribution in [0.3, 0.4) is 0 Å². The van der Waals surface area contributed by atoms with Crippen molar-refractivity contribution in [2.45, 2.75) is 24.5 Å². The molecule has 10 heavy (non-hydrogen) atoms. The summed E-state index contributed by atoms with van der Waals surface area (Å²) < 4.78 is 4.75. The average molecular weight is 146 g/mol. The Labute approximate surface area is 58.4 Å². The van der Waals surface area contributed by atoms with Gasteiger partial charge in [-0.05, 0) is 0 Å². The molecule has 4 heteroatoms.